The fourth-order valence-electron chi connectivity index (χ4n) is 3.26. The normalized spacial score (nSPS) is 11.6. The third-order valence-corrected chi connectivity index (χ3v) is 5.08. The fraction of sp³-hybridized carbons (Fsp3) is 0.440. The number of aryl methyl sites for hydroxylation is 1. The van der Waals surface area contributed by atoms with Gasteiger partial charge in [-0.05, 0) is 43.9 Å². The first-order valence-corrected chi connectivity index (χ1v) is 10.9. The second-order valence-corrected chi connectivity index (χ2v) is 7.49. The van der Waals surface area contributed by atoms with E-state index in [1.807, 2.05) is 68.4 Å². The van der Waals surface area contributed by atoms with Crippen molar-refractivity contribution in [1.82, 2.24) is 10.2 Å². The largest absolute Gasteiger partial charge is 0.484 e. The molecular weight excluding hydrogens is 376 g/mol. The lowest BCUT2D eigenvalue weighted by atomic mass is 10.1. The van der Waals surface area contributed by atoms with Crippen LogP contribution in [0.4, 0.5) is 0 Å². The molecule has 2 rings (SSSR count). The first-order chi connectivity index (χ1) is 14.5. The van der Waals surface area contributed by atoms with Crippen LogP contribution in [0.3, 0.4) is 0 Å². The monoisotopic (exact) mass is 410 g/mol. The quantitative estimate of drug-likeness (QED) is 0.535. The van der Waals surface area contributed by atoms with Crippen LogP contribution in [0.5, 0.6) is 5.75 Å². The van der Waals surface area contributed by atoms with Crippen LogP contribution >= 0.6 is 0 Å². The Morgan fingerprint density at radius 1 is 1.03 bits per heavy atom. The van der Waals surface area contributed by atoms with Crippen LogP contribution in [-0.2, 0) is 16.0 Å². The van der Waals surface area contributed by atoms with E-state index in [4.69, 9.17) is 4.74 Å². The van der Waals surface area contributed by atoms with Crippen molar-refractivity contribution < 1.29 is 14.3 Å². The Balaban J connectivity index is 2.08. The minimum Gasteiger partial charge on any atom is -0.484 e. The SMILES string of the molecule is CCCCNC(=O)[C@H](CC)N(CCc1ccccc1)C(=O)COc1ccc(C)cc1. The van der Waals surface area contributed by atoms with Gasteiger partial charge in [0.1, 0.15) is 11.8 Å². The standard InChI is InChI=1S/C25H34N2O3/c1-4-6-17-26-25(29)23(5-2)27(18-16-21-10-8-7-9-11-21)24(28)19-30-22-14-12-20(3)13-15-22/h7-15,23H,4-6,16-19H2,1-3H3,(H,26,29)/t23-/m0/s1. The van der Waals surface area contributed by atoms with Crippen molar-refractivity contribution in [3.8, 4) is 5.75 Å². The van der Waals surface area contributed by atoms with Gasteiger partial charge in [0.25, 0.3) is 5.91 Å². The summed E-state index contributed by atoms with van der Waals surface area (Å²) in [6.45, 7) is 7.04. The maximum atomic E-state index is 13.1. The molecule has 2 amide bonds. The van der Waals surface area contributed by atoms with Crippen LogP contribution < -0.4 is 10.1 Å². The van der Waals surface area contributed by atoms with Crippen LogP contribution in [0.15, 0.2) is 54.6 Å². The number of ether oxygens (including phenoxy) is 1. The van der Waals surface area contributed by atoms with Gasteiger partial charge < -0.3 is 15.0 Å². The average molecular weight is 411 g/mol. The van der Waals surface area contributed by atoms with Gasteiger partial charge in [-0.3, -0.25) is 9.59 Å². The number of hydrogen-bond donors (Lipinski definition) is 1. The Morgan fingerprint density at radius 3 is 2.37 bits per heavy atom. The third-order valence-electron chi connectivity index (χ3n) is 5.08. The summed E-state index contributed by atoms with van der Waals surface area (Å²) in [5.41, 5.74) is 2.27. The van der Waals surface area contributed by atoms with E-state index >= 15 is 0 Å². The van der Waals surface area contributed by atoms with Gasteiger partial charge in [-0.2, -0.15) is 0 Å². The van der Waals surface area contributed by atoms with Crippen molar-refractivity contribution in [3.63, 3.8) is 0 Å². The van der Waals surface area contributed by atoms with Gasteiger partial charge in [-0.25, -0.2) is 0 Å². The summed E-state index contributed by atoms with van der Waals surface area (Å²) < 4.78 is 5.71. The Morgan fingerprint density at radius 2 is 1.73 bits per heavy atom. The Kier molecular flexibility index (Phi) is 9.92. The van der Waals surface area contributed by atoms with E-state index in [1.165, 1.54) is 0 Å². The molecule has 2 aromatic carbocycles. The maximum absolute atomic E-state index is 13.1. The molecule has 0 aliphatic rings. The predicted molar refractivity (Wildman–Crippen MR) is 121 cm³/mol. The highest BCUT2D eigenvalue weighted by molar-refractivity contribution is 5.88. The number of nitrogens with one attached hydrogen (secondary N) is 1. The molecule has 0 aliphatic heterocycles. The summed E-state index contributed by atoms with van der Waals surface area (Å²) in [6, 6.07) is 17.1. The van der Waals surface area contributed by atoms with Gasteiger partial charge in [-0.15, -0.1) is 0 Å². The molecule has 162 valence electrons. The molecule has 30 heavy (non-hydrogen) atoms. The van der Waals surface area contributed by atoms with Gasteiger partial charge in [0.05, 0.1) is 0 Å². The van der Waals surface area contributed by atoms with E-state index in [0.717, 1.165) is 24.0 Å². The van der Waals surface area contributed by atoms with Crippen LogP contribution in [0.1, 0.15) is 44.2 Å². The molecule has 0 aromatic heterocycles. The maximum Gasteiger partial charge on any atom is 0.261 e. The third kappa shape index (κ3) is 7.54. The molecule has 5 nitrogen and oxygen atoms in total. The molecule has 1 atom stereocenters. The fourth-order valence-corrected chi connectivity index (χ4v) is 3.26. The lowest BCUT2D eigenvalue weighted by molar-refractivity contribution is -0.142. The Hall–Kier alpha value is -2.82. The number of carbonyl (C=O) groups is 2. The van der Waals surface area contributed by atoms with Crippen LogP contribution in [-0.4, -0.2) is 42.5 Å². The lowest BCUT2D eigenvalue weighted by Gasteiger charge is -2.30. The highest BCUT2D eigenvalue weighted by atomic mass is 16.5. The summed E-state index contributed by atoms with van der Waals surface area (Å²) in [5, 5.41) is 2.97. The van der Waals surface area contributed by atoms with Crippen molar-refractivity contribution in [1.29, 1.82) is 0 Å². The van der Waals surface area contributed by atoms with E-state index in [0.29, 0.717) is 31.7 Å². The van der Waals surface area contributed by atoms with E-state index in [1.54, 1.807) is 4.90 Å². The molecule has 0 unspecified atom stereocenters. The lowest BCUT2D eigenvalue weighted by Crippen LogP contribution is -2.51. The summed E-state index contributed by atoms with van der Waals surface area (Å²) in [5.74, 6) is 0.379. The van der Waals surface area contributed by atoms with Crippen molar-refractivity contribution >= 4 is 11.8 Å². The first-order valence-electron chi connectivity index (χ1n) is 10.9. The van der Waals surface area contributed by atoms with E-state index < -0.39 is 6.04 Å². The van der Waals surface area contributed by atoms with Gasteiger partial charge in [0.15, 0.2) is 6.61 Å². The van der Waals surface area contributed by atoms with Crippen molar-refractivity contribution in [3.05, 3.63) is 65.7 Å². The molecule has 0 radical (unpaired) electrons. The van der Waals surface area contributed by atoms with Crippen LogP contribution in [0.2, 0.25) is 0 Å². The summed E-state index contributed by atoms with van der Waals surface area (Å²) in [7, 11) is 0. The molecule has 0 saturated heterocycles. The predicted octanol–water partition coefficient (Wildman–Crippen LogP) is 4.14. The summed E-state index contributed by atoms with van der Waals surface area (Å²) >= 11 is 0. The van der Waals surface area contributed by atoms with E-state index in [2.05, 4.69) is 12.2 Å². The minimum atomic E-state index is -0.500. The Bertz CT molecular complexity index is 775. The molecular formula is C25H34N2O3. The molecule has 0 spiro atoms. The summed E-state index contributed by atoms with van der Waals surface area (Å²) in [4.78, 5) is 27.5. The van der Waals surface area contributed by atoms with E-state index in [9.17, 15) is 9.59 Å². The van der Waals surface area contributed by atoms with Gasteiger partial charge in [-0.1, -0.05) is 68.3 Å². The zero-order chi connectivity index (χ0) is 21.8. The molecule has 0 saturated carbocycles. The molecule has 0 heterocycles. The van der Waals surface area contributed by atoms with Gasteiger partial charge in [0.2, 0.25) is 5.91 Å². The van der Waals surface area contributed by atoms with Crippen molar-refractivity contribution in [2.45, 2.75) is 52.5 Å². The van der Waals surface area contributed by atoms with Crippen molar-refractivity contribution in [2.75, 3.05) is 19.7 Å². The molecule has 2 aromatic rings. The number of hydrogen-bond acceptors (Lipinski definition) is 3. The second-order valence-electron chi connectivity index (χ2n) is 7.49. The highest BCUT2D eigenvalue weighted by Crippen LogP contribution is 2.13. The molecule has 0 fully saturated rings. The zero-order valence-electron chi connectivity index (χ0n) is 18.4. The number of amides is 2. The number of benzene rings is 2. The van der Waals surface area contributed by atoms with Crippen molar-refractivity contribution in [2.24, 2.45) is 0 Å². The molecule has 1 N–H and O–H groups in total. The number of unbranched alkanes of at least 4 members (excludes halogenated alkanes) is 1. The number of carbonyl (C=O) groups excluding carboxylic acids is 2. The number of nitrogens with zero attached hydrogens (tertiary/aromatic N) is 1. The van der Waals surface area contributed by atoms with Crippen LogP contribution in [0.25, 0.3) is 0 Å². The zero-order valence-corrected chi connectivity index (χ0v) is 18.4. The first kappa shape index (κ1) is 23.5. The van der Waals surface area contributed by atoms with Gasteiger partial charge >= 0.3 is 0 Å². The second kappa shape index (κ2) is 12.7. The molecule has 5 heteroatoms. The molecule has 0 aliphatic carbocycles. The topological polar surface area (TPSA) is 58.6 Å². The smallest absolute Gasteiger partial charge is 0.261 e. The molecule has 0 bridgehead atoms. The Labute approximate surface area is 180 Å². The van der Waals surface area contributed by atoms with Crippen LogP contribution in [0, 0.1) is 6.92 Å². The highest BCUT2D eigenvalue weighted by Gasteiger charge is 2.28. The average Bonchev–Trinajstić information content (AvgIpc) is 2.76. The van der Waals surface area contributed by atoms with E-state index in [-0.39, 0.29) is 18.4 Å². The van der Waals surface area contributed by atoms with Gasteiger partial charge in [0, 0.05) is 13.1 Å². The number of rotatable bonds is 12. The minimum absolute atomic E-state index is 0.0867. The summed E-state index contributed by atoms with van der Waals surface area (Å²) in [6.07, 6.45) is 3.19.